The molecule has 8 nitrogen and oxygen atoms in total. The SMILES string of the molecule is COC(=O)CN1C(=O)NC(C)(c2ccc(/C=N/N)cc2)C1=O. The Balaban J connectivity index is 2.28. The van der Waals surface area contributed by atoms with Crippen LogP contribution >= 0.6 is 0 Å². The summed E-state index contributed by atoms with van der Waals surface area (Å²) in [6, 6.07) is 6.19. The van der Waals surface area contributed by atoms with Crippen LogP contribution in [0.5, 0.6) is 0 Å². The van der Waals surface area contributed by atoms with Gasteiger partial charge in [0.25, 0.3) is 5.91 Å². The number of hydrazone groups is 1. The third-order valence-corrected chi connectivity index (χ3v) is 3.50. The average Bonchev–Trinajstić information content (AvgIpc) is 2.72. The van der Waals surface area contributed by atoms with Crippen molar-refractivity contribution in [1.82, 2.24) is 10.2 Å². The molecule has 0 bridgehead atoms. The van der Waals surface area contributed by atoms with E-state index < -0.39 is 30.0 Å². The van der Waals surface area contributed by atoms with Gasteiger partial charge in [-0.2, -0.15) is 5.10 Å². The minimum absolute atomic E-state index is 0.422. The van der Waals surface area contributed by atoms with Crippen LogP contribution in [0.2, 0.25) is 0 Å². The largest absolute Gasteiger partial charge is 0.468 e. The Labute approximate surface area is 126 Å². The number of hydrogen-bond donors (Lipinski definition) is 2. The van der Waals surface area contributed by atoms with Gasteiger partial charge in [0.05, 0.1) is 13.3 Å². The number of urea groups is 1. The second-order valence-corrected chi connectivity index (χ2v) is 4.92. The molecule has 2 rings (SSSR count). The Bertz CT molecular complexity index is 641. The van der Waals surface area contributed by atoms with Gasteiger partial charge in [0.2, 0.25) is 0 Å². The average molecular weight is 304 g/mol. The summed E-state index contributed by atoms with van der Waals surface area (Å²) in [7, 11) is 1.19. The van der Waals surface area contributed by atoms with Crippen molar-refractivity contribution in [2.45, 2.75) is 12.5 Å². The highest BCUT2D eigenvalue weighted by Crippen LogP contribution is 2.28. The fourth-order valence-electron chi connectivity index (χ4n) is 2.22. The van der Waals surface area contributed by atoms with Crippen molar-refractivity contribution in [2.24, 2.45) is 10.9 Å². The lowest BCUT2D eigenvalue weighted by molar-refractivity contribution is -0.145. The number of amides is 3. The monoisotopic (exact) mass is 304 g/mol. The molecular formula is C14H16N4O4. The molecule has 1 unspecified atom stereocenters. The van der Waals surface area contributed by atoms with Crippen LogP contribution in [0.1, 0.15) is 18.1 Å². The van der Waals surface area contributed by atoms with Crippen LogP contribution in [0.15, 0.2) is 29.4 Å². The van der Waals surface area contributed by atoms with Crippen molar-refractivity contribution < 1.29 is 19.1 Å². The Morgan fingerprint density at radius 2 is 2.05 bits per heavy atom. The van der Waals surface area contributed by atoms with Gasteiger partial charge in [0.15, 0.2) is 0 Å². The number of methoxy groups -OCH3 is 1. The predicted molar refractivity (Wildman–Crippen MR) is 77.8 cm³/mol. The lowest BCUT2D eigenvalue weighted by atomic mass is 9.91. The number of nitrogens with one attached hydrogen (secondary N) is 1. The van der Waals surface area contributed by atoms with Gasteiger partial charge in [-0.25, -0.2) is 4.79 Å². The molecule has 8 heteroatoms. The molecule has 1 saturated heterocycles. The maximum Gasteiger partial charge on any atom is 0.325 e. The third kappa shape index (κ3) is 2.62. The standard InChI is InChI=1S/C14H16N4O4/c1-14(10-5-3-9(4-6-10)7-16-15)12(20)18(13(21)17-14)8-11(19)22-2/h3-7H,8,15H2,1-2H3,(H,17,21)/b16-7+. The van der Waals surface area contributed by atoms with Gasteiger partial charge in [-0.1, -0.05) is 24.3 Å². The molecule has 1 heterocycles. The second kappa shape index (κ2) is 5.84. The molecule has 3 N–H and O–H groups in total. The van der Waals surface area contributed by atoms with Crippen LogP contribution in [0.25, 0.3) is 0 Å². The molecule has 0 aromatic heterocycles. The maximum atomic E-state index is 12.5. The number of nitrogens with zero attached hydrogens (tertiary/aromatic N) is 2. The van der Waals surface area contributed by atoms with Gasteiger partial charge in [0.1, 0.15) is 12.1 Å². The minimum atomic E-state index is -1.23. The normalized spacial score (nSPS) is 21.3. The van der Waals surface area contributed by atoms with Crippen LogP contribution in [0.3, 0.4) is 0 Å². The smallest absolute Gasteiger partial charge is 0.325 e. The summed E-state index contributed by atoms with van der Waals surface area (Å²) in [5.74, 6) is 3.90. The van der Waals surface area contributed by atoms with Gasteiger partial charge in [-0.05, 0) is 18.1 Å². The Morgan fingerprint density at radius 1 is 1.41 bits per heavy atom. The minimum Gasteiger partial charge on any atom is -0.468 e. The quantitative estimate of drug-likeness (QED) is 0.265. The summed E-state index contributed by atoms with van der Waals surface area (Å²) in [5, 5.41) is 6.01. The molecule has 0 saturated carbocycles. The molecule has 1 aliphatic rings. The van der Waals surface area contributed by atoms with Crippen molar-refractivity contribution in [1.29, 1.82) is 0 Å². The zero-order valence-electron chi connectivity index (χ0n) is 12.2. The van der Waals surface area contributed by atoms with Gasteiger partial charge in [-0.3, -0.25) is 14.5 Å². The van der Waals surface area contributed by atoms with Crippen molar-refractivity contribution >= 4 is 24.1 Å². The van der Waals surface area contributed by atoms with Crippen LogP contribution < -0.4 is 11.2 Å². The fourth-order valence-corrected chi connectivity index (χ4v) is 2.22. The predicted octanol–water partition coefficient (Wildman–Crippen LogP) is -0.0808. The van der Waals surface area contributed by atoms with Crippen LogP contribution in [0, 0.1) is 0 Å². The van der Waals surface area contributed by atoms with E-state index in [-0.39, 0.29) is 0 Å². The number of ether oxygens (including phenoxy) is 1. The first kappa shape index (κ1) is 15.5. The first-order valence-corrected chi connectivity index (χ1v) is 6.47. The van der Waals surface area contributed by atoms with E-state index in [1.807, 2.05) is 0 Å². The molecule has 22 heavy (non-hydrogen) atoms. The van der Waals surface area contributed by atoms with E-state index in [4.69, 9.17) is 5.84 Å². The van der Waals surface area contributed by atoms with Crippen LogP contribution in [-0.2, 0) is 19.9 Å². The van der Waals surface area contributed by atoms with Crippen molar-refractivity contribution in [3.05, 3.63) is 35.4 Å². The number of carbonyl (C=O) groups is 3. The molecular weight excluding hydrogens is 288 g/mol. The molecule has 1 fully saturated rings. The number of esters is 1. The van der Waals surface area contributed by atoms with Crippen molar-refractivity contribution in [3.63, 3.8) is 0 Å². The summed E-state index contributed by atoms with van der Waals surface area (Å²) < 4.78 is 4.49. The highest BCUT2D eigenvalue weighted by molar-refractivity contribution is 6.08. The first-order valence-electron chi connectivity index (χ1n) is 6.47. The zero-order valence-corrected chi connectivity index (χ0v) is 12.2. The number of benzene rings is 1. The number of hydrogen-bond acceptors (Lipinski definition) is 6. The van der Waals surface area contributed by atoms with Crippen LogP contribution in [-0.4, -0.2) is 42.7 Å². The highest BCUT2D eigenvalue weighted by atomic mass is 16.5. The molecule has 1 aromatic rings. The topological polar surface area (TPSA) is 114 Å². The van der Waals surface area contributed by atoms with E-state index in [1.165, 1.54) is 13.3 Å². The number of rotatable bonds is 4. The molecule has 0 aliphatic carbocycles. The first-order chi connectivity index (χ1) is 10.4. The Morgan fingerprint density at radius 3 is 2.59 bits per heavy atom. The fraction of sp³-hybridized carbons (Fsp3) is 0.286. The number of imide groups is 1. The van der Waals surface area contributed by atoms with E-state index in [0.717, 1.165) is 10.5 Å². The molecule has 1 atom stereocenters. The zero-order chi connectivity index (χ0) is 16.3. The van der Waals surface area contributed by atoms with Gasteiger partial charge < -0.3 is 15.9 Å². The second-order valence-electron chi connectivity index (χ2n) is 4.92. The van der Waals surface area contributed by atoms with Crippen LogP contribution in [0.4, 0.5) is 4.79 Å². The highest BCUT2D eigenvalue weighted by Gasteiger charge is 2.49. The van der Waals surface area contributed by atoms with Gasteiger partial charge >= 0.3 is 12.0 Å². The van der Waals surface area contributed by atoms with E-state index in [0.29, 0.717) is 5.56 Å². The summed E-state index contributed by atoms with van der Waals surface area (Å²) in [6.07, 6.45) is 1.46. The van der Waals surface area contributed by atoms with E-state index in [9.17, 15) is 14.4 Å². The maximum absolute atomic E-state index is 12.5. The van der Waals surface area contributed by atoms with E-state index >= 15 is 0 Å². The summed E-state index contributed by atoms with van der Waals surface area (Å²) in [6.45, 7) is 1.16. The summed E-state index contributed by atoms with van der Waals surface area (Å²) in [5.41, 5.74) is 0.120. The summed E-state index contributed by atoms with van der Waals surface area (Å²) >= 11 is 0. The summed E-state index contributed by atoms with van der Waals surface area (Å²) in [4.78, 5) is 36.6. The molecule has 116 valence electrons. The molecule has 1 aliphatic heterocycles. The molecule has 1 aromatic carbocycles. The van der Waals surface area contributed by atoms with Crippen molar-refractivity contribution in [3.8, 4) is 0 Å². The van der Waals surface area contributed by atoms with Gasteiger partial charge in [0, 0.05) is 0 Å². The van der Waals surface area contributed by atoms with E-state index in [2.05, 4.69) is 15.2 Å². The lowest BCUT2D eigenvalue weighted by Crippen LogP contribution is -2.41. The molecule has 0 radical (unpaired) electrons. The Hall–Kier alpha value is -2.90. The number of nitrogens with two attached hydrogens (primary N) is 1. The van der Waals surface area contributed by atoms with E-state index in [1.54, 1.807) is 31.2 Å². The lowest BCUT2D eigenvalue weighted by Gasteiger charge is -2.22. The van der Waals surface area contributed by atoms with Crippen molar-refractivity contribution in [2.75, 3.05) is 13.7 Å². The number of carbonyl (C=O) groups excluding carboxylic acids is 3. The molecule has 0 spiro atoms. The third-order valence-electron chi connectivity index (χ3n) is 3.50. The Kier molecular flexibility index (Phi) is 4.11. The molecule has 3 amide bonds. The van der Waals surface area contributed by atoms with Gasteiger partial charge in [-0.15, -0.1) is 0 Å².